The monoisotopic (exact) mass is 263 g/mol. The normalized spacial score (nSPS) is 23.3. The predicted molar refractivity (Wildman–Crippen MR) is 74.4 cm³/mol. The van der Waals surface area contributed by atoms with E-state index in [1.165, 1.54) is 25.7 Å². The molecule has 0 radical (unpaired) electrons. The van der Waals surface area contributed by atoms with E-state index in [-0.39, 0.29) is 6.04 Å². The highest BCUT2D eigenvalue weighted by atomic mass is 16.2. The van der Waals surface area contributed by atoms with E-state index in [1.807, 2.05) is 11.8 Å². The van der Waals surface area contributed by atoms with Gasteiger partial charge in [0.25, 0.3) is 0 Å². The van der Waals surface area contributed by atoms with Crippen molar-refractivity contribution >= 4 is 5.91 Å². The summed E-state index contributed by atoms with van der Waals surface area (Å²) in [4.78, 5) is 16.3. The third-order valence-corrected chi connectivity index (χ3v) is 4.64. The van der Waals surface area contributed by atoms with Crippen LogP contribution in [-0.2, 0) is 4.79 Å². The average Bonchev–Trinajstić information content (AvgIpc) is 2.97. The topological polar surface area (TPSA) is 47.3 Å². The molecule has 2 fully saturated rings. The predicted octanol–water partition coefficient (Wildman–Crippen LogP) is 2.01. The average molecular weight is 263 g/mol. The lowest BCUT2D eigenvalue weighted by Gasteiger charge is -2.36. The molecule has 1 amide bonds. The van der Waals surface area contributed by atoms with Crippen LogP contribution in [0.4, 0.5) is 0 Å². The summed E-state index contributed by atoms with van der Waals surface area (Å²) < 4.78 is 0. The first-order valence-electron chi connectivity index (χ1n) is 7.62. The summed E-state index contributed by atoms with van der Waals surface area (Å²) in [5.41, 5.74) is 0. The minimum Gasteiger partial charge on any atom is -0.340 e. The Morgan fingerprint density at radius 1 is 1.26 bits per heavy atom. The highest BCUT2D eigenvalue weighted by Gasteiger charge is 2.24. The fraction of sp³-hybridized carbons (Fsp3) is 0.867. The molecule has 0 aromatic heterocycles. The van der Waals surface area contributed by atoms with Crippen molar-refractivity contribution in [2.45, 2.75) is 51.5 Å². The lowest BCUT2D eigenvalue weighted by atomic mass is 10.0. The van der Waals surface area contributed by atoms with Crippen molar-refractivity contribution in [2.24, 2.45) is 5.92 Å². The zero-order valence-electron chi connectivity index (χ0n) is 12.0. The van der Waals surface area contributed by atoms with Crippen LogP contribution in [-0.4, -0.2) is 47.9 Å². The quantitative estimate of drug-likeness (QED) is 0.779. The number of carbonyl (C=O) groups excluding carboxylic acids is 1. The highest BCUT2D eigenvalue weighted by Crippen LogP contribution is 2.28. The summed E-state index contributed by atoms with van der Waals surface area (Å²) >= 11 is 0. The molecule has 0 aromatic rings. The molecule has 1 aliphatic carbocycles. The Kier molecular flexibility index (Phi) is 5.21. The van der Waals surface area contributed by atoms with Crippen LogP contribution in [0.1, 0.15) is 45.4 Å². The molecule has 1 aliphatic heterocycles. The van der Waals surface area contributed by atoms with Crippen LogP contribution in [0.25, 0.3) is 0 Å². The number of hydrogen-bond donors (Lipinski definition) is 0. The zero-order valence-corrected chi connectivity index (χ0v) is 12.0. The summed E-state index contributed by atoms with van der Waals surface area (Å²) in [6.45, 7) is 5.18. The van der Waals surface area contributed by atoms with Gasteiger partial charge in [-0.1, -0.05) is 25.7 Å². The second-order valence-corrected chi connectivity index (χ2v) is 5.91. The molecular formula is C15H25N3O. The summed E-state index contributed by atoms with van der Waals surface area (Å²) in [5.74, 6) is 1.11. The lowest BCUT2D eigenvalue weighted by molar-refractivity contribution is -0.133. The first-order chi connectivity index (χ1) is 9.20. The number of hydrogen-bond acceptors (Lipinski definition) is 3. The fourth-order valence-electron chi connectivity index (χ4n) is 3.23. The van der Waals surface area contributed by atoms with Crippen molar-refractivity contribution < 1.29 is 4.79 Å². The number of amides is 1. The molecule has 0 aromatic carbocycles. The molecule has 1 heterocycles. The van der Waals surface area contributed by atoms with E-state index in [9.17, 15) is 4.79 Å². The minimum atomic E-state index is -0.0317. The van der Waals surface area contributed by atoms with Gasteiger partial charge in [0.05, 0.1) is 12.1 Å². The fourth-order valence-corrected chi connectivity index (χ4v) is 3.23. The van der Waals surface area contributed by atoms with Gasteiger partial charge in [-0.05, 0) is 19.3 Å². The molecule has 106 valence electrons. The van der Waals surface area contributed by atoms with Crippen LogP contribution in [0.2, 0.25) is 0 Å². The van der Waals surface area contributed by atoms with Crippen LogP contribution in [0.5, 0.6) is 0 Å². The van der Waals surface area contributed by atoms with Gasteiger partial charge in [0.2, 0.25) is 5.91 Å². The van der Waals surface area contributed by atoms with Gasteiger partial charge in [-0.2, -0.15) is 5.26 Å². The van der Waals surface area contributed by atoms with E-state index in [0.29, 0.717) is 5.91 Å². The van der Waals surface area contributed by atoms with Crippen LogP contribution in [0.3, 0.4) is 0 Å². The molecule has 4 heteroatoms. The molecular weight excluding hydrogens is 238 g/mol. The number of nitrogens with zero attached hydrogens (tertiary/aromatic N) is 3. The first-order valence-corrected chi connectivity index (χ1v) is 7.62. The van der Waals surface area contributed by atoms with Gasteiger partial charge in [-0.15, -0.1) is 0 Å². The van der Waals surface area contributed by atoms with Crippen molar-refractivity contribution in [1.29, 1.82) is 5.26 Å². The summed E-state index contributed by atoms with van der Waals surface area (Å²) in [6.07, 6.45) is 7.14. The standard InChI is InChI=1S/C15H25N3O/c1-13(12-16)17-8-10-18(11-9-17)15(19)7-6-14-4-2-3-5-14/h13-14H,2-11H2,1H3. The SMILES string of the molecule is CC(C#N)N1CCN(C(=O)CCC2CCCC2)CC1. The maximum Gasteiger partial charge on any atom is 0.222 e. The van der Waals surface area contributed by atoms with Crippen LogP contribution in [0.15, 0.2) is 0 Å². The Bertz CT molecular complexity index is 336. The Balaban J connectivity index is 1.68. The molecule has 1 atom stereocenters. The smallest absolute Gasteiger partial charge is 0.222 e. The molecule has 0 spiro atoms. The molecule has 1 saturated carbocycles. The molecule has 2 rings (SSSR count). The van der Waals surface area contributed by atoms with Gasteiger partial charge in [0, 0.05) is 32.6 Å². The molecule has 0 N–H and O–H groups in total. The number of carbonyl (C=O) groups is 1. The largest absolute Gasteiger partial charge is 0.340 e. The summed E-state index contributed by atoms with van der Waals surface area (Å²) in [6, 6.07) is 2.23. The van der Waals surface area contributed by atoms with E-state index in [4.69, 9.17) is 5.26 Å². The molecule has 0 bridgehead atoms. The third kappa shape index (κ3) is 3.94. The second kappa shape index (κ2) is 6.91. The highest BCUT2D eigenvalue weighted by molar-refractivity contribution is 5.76. The van der Waals surface area contributed by atoms with Crippen LogP contribution < -0.4 is 0 Å². The van der Waals surface area contributed by atoms with Crippen LogP contribution >= 0.6 is 0 Å². The van der Waals surface area contributed by atoms with Crippen molar-refractivity contribution in [3.63, 3.8) is 0 Å². The third-order valence-electron chi connectivity index (χ3n) is 4.64. The molecule has 4 nitrogen and oxygen atoms in total. The van der Waals surface area contributed by atoms with Crippen molar-refractivity contribution in [3.05, 3.63) is 0 Å². The van der Waals surface area contributed by atoms with E-state index in [0.717, 1.165) is 44.9 Å². The Morgan fingerprint density at radius 3 is 2.47 bits per heavy atom. The zero-order chi connectivity index (χ0) is 13.7. The van der Waals surface area contributed by atoms with E-state index < -0.39 is 0 Å². The minimum absolute atomic E-state index is 0.0317. The first kappa shape index (κ1) is 14.3. The molecule has 1 unspecified atom stereocenters. The molecule has 2 aliphatic rings. The summed E-state index contributed by atoms with van der Waals surface area (Å²) in [5, 5.41) is 8.90. The molecule has 1 saturated heterocycles. The van der Waals surface area contributed by atoms with Gasteiger partial charge < -0.3 is 4.90 Å². The van der Waals surface area contributed by atoms with Gasteiger partial charge in [0.1, 0.15) is 0 Å². The second-order valence-electron chi connectivity index (χ2n) is 5.91. The Labute approximate surface area is 116 Å². The van der Waals surface area contributed by atoms with Gasteiger partial charge in [-0.3, -0.25) is 9.69 Å². The van der Waals surface area contributed by atoms with E-state index in [1.54, 1.807) is 0 Å². The maximum atomic E-state index is 12.1. The van der Waals surface area contributed by atoms with Crippen LogP contribution in [0, 0.1) is 17.2 Å². The maximum absolute atomic E-state index is 12.1. The van der Waals surface area contributed by atoms with Gasteiger partial charge in [0.15, 0.2) is 0 Å². The Morgan fingerprint density at radius 2 is 1.89 bits per heavy atom. The molecule has 19 heavy (non-hydrogen) atoms. The Hall–Kier alpha value is -1.08. The number of piperazine rings is 1. The van der Waals surface area contributed by atoms with Gasteiger partial charge in [-0.25, -0.2) is 0 Å². The number of nitriles is 1. The van der Waals surface area contributed by atoms with Crippen molar-refractivity contribution in [2.75, 3.05) is 26.2 Å². The number of rotatable bonds is 4. The van der Waals surface area contributed by atoms with Gasteiger partial charge >= 0.3 is 0 Å². The van der Waals surface area contributed by atoms with E-state index >= 15 is 0 Å². The van der Waals surface area contributed by atoms with Crippen molar-refractivity contribution in [3.8, 4) is 6.07 Å². The van der Waals surface area contributed by atoms with E-state index in [2.05, 4.69) is 11.0 Å². The van der Waals surface area contributed by atoms with Crippen molar-refractivity contribution in [1.82, 2.24) is 9.80 Å². The summed E-state index contributed by atoms with van der Waals surface area (Å²) in [7, 11) is 0. The lowest BCUT2D eigenvalue weighted by Crippen LogP contribution is -2.51.